The highest BCUT2D eigenvalue weighted by molar-refractivity contribution is 5.82. The molecule has 12 heavy (non-hydrogen) atoms. The molecule has 0 aromatic rings. The van der Waals surface area contributed by atoms with Gasteiger partial charge in [-0.2, -0.15) is 18.3 Å². The van der Waals surface area contributed by atoms with E-state index >= 15 is 0 Å². The maximum absolute atomic E-state index is 11.7. The van der Waals surface area contributed by atoms with E-state index < -0.39 is 18.6 Å². The Labute approximate surface area is 66.8 Å². The lowest BCUT2D eigenvalue weighted by molar-refractivity contribution is -0.161. The number of hydrazone groups is 1. The second kappa shape index (κ2) is 3.12. The molecule has 1 rings (SSSR count). The SMILES string of the molecule is O=C1CCC=NN1CC(F)(F)F. The normalized spacial score (nSPS) is 18.6. The van der Waals surface area contributed by atoms with Crippen LogP contribution in [0.3, 0.4) is 0 Å². The molecule has 1 heterocycles. The molecule has 0 spiro atoms. The molecule has 1 aliphatic heterocycles. The van der Waals surface area contributed by atoms with E-state index in [2.05, 4.69) is 5.10 Å². The third kappa shape index (κ3) is 2.52. The Bertz CT molecular complexity index is 211. The van der Waals surface area contributed by atoms with Gasteiger partial charge in [0.1, 0.15) is 6.54 Å². The molecule has 1 aliphatic rings. The van der Waals surface area contributed by atoms with Crippen LogP contribution in [0.25, 0.3) is 0 Å². The van der Waals surface area contributed by atoms with Crippen LogP contribution in [0.15, 0.2) is 5.10 Å². The minimum Gasteiger partial charge on any atom is -0.273 e. The number of carbonyl (C=O) groups is 1. The van der Waals surface area contributed by atoms with Crippen molar-refractivity contribution in [1.29, 1.82) is 0 Å². The molecule has 68 valence electrons. The zero-order valence-electron chi connectivity index (χ0n) is 6.14. The highest BCUT2D eigenvalue weighted by Crippen LogP contribution is 2.18. The fourth-order valence-corrected chi connectivity index (χ4v) is 0.837. The van der Waals surface area contributed by atoms with E-state index in [0.717, 1.165) is 0 Å². The Morgan fingerprint density at radius 1 is 1.58 bits per heavy atom. The van der Waals surface area contributed by atoms with Gasteiger partial charge >= 0.3 is 6.18 Å². The van der Waals surface area contributed by atoms with Crippen molar-refractivity contribution in [1.82, 2.24) is 5.01 Å². The zero-order chi connectivity index (χ0) is 9.19. The second-order valence-corrected chi connectivity index (χ2v) is 2.40. The van der Waals surface area contributed by atoms with Crippen LogP contribution in [0.4, 0.5) is 13.2 Å². The molecule has 0 aliphatic carbocycles. The topological polar surface area (TPSA) is 32.7 Å². The van der Waals surface area contributed by atoms with Gasteiger partial charge in [0.25, 0.3) is 0 Å². The fraction of sp³-hybridized carbons (Fsp3) is 0.667. The standard InChI is InChI=1S/C6H7F3N2O/c7-6(8,9)4-11-5(12)2-1-3-10-11/h3H,1-2,4H2. The van der Waals surface area contributed by atoms with Gasteiger partial charge in [-0.15, -0.1) is 0 Å². The molecular formula is C6H7F3N2O. The number of rotatable bonds is 1. The summed E-state index contributed by atoms with van der Waals surface area (Å²) in [5.41, 5.74) is 0. The zero-order valence-corrected chi connectivity index (χ0v) is 6.14. The Balaban J connectivity index is 2.56. The van der Waals surface area contributed by atoms with Crippen LogP contribution in [-0.4, -0.2) is 29.9 Å². The fourth-order valence-electron chi connectivity index (χ4n) is 0.837. The molecule has 1 amide bonds. The Morgan fingerprint density at radius 3 is 2.75 bits per heavy atom. The molecule has 0 atom stereocenters. The first kappa shape index (κ1) is 9.02. The van der Waals surface area contributed by atoms with Gasteiger partial charge in [-0.25, -0.2) is 5.01 Å². The predicted molar refractivity (Wildman–Crippen MR) is 35.5 cm³/mol. The number of hydrogen-bond acceptors (Lipinski definition) is 2. The van der Waals surface area contributed by atoms with E-state index in [9.17, 15) is 18.0 Å². The molecular weight excluding hydrogens is 173 g/mol. The minimum absolute atomic E-state index is 0.111. The van der Waals surface area contributed by atoms with Crippen LogP contribution in [0, 0.1) is 0 Å². The van der Waals surface area contributed by atoms with Crippen molar-refractivity contribution in [3.8, 4) is 0 Å². The number of carbonyl (C=O) groups excluding carboxylic acids is 1. The summed E-state index contributed by atoms with van der Waals surface area (Å²) in [7, 11) is 0. The number of alkyl halides is 3. The first-order valence-corrected chi connectivity index (χ1v) is 3.38. The van der Waals surface area contributed by atoms with Gasteiger partial charge in [0.15, 0.2) is 0 Å². The van der Waals surface area contributed by atoms with Gasteiger partial charge in [-0.05, 0) is 6.42 Å². The van der Waals surface area contributed by atoms with Crippen LogP contribution in [0.5, 0.6) is 0 Å². The summed E-state index contributed by atoms with van der Waals surface area (Å²) < 4.78 is 35.2. The molecule has 0 saturated carbocycles. The quantitative estimate of drug-likeness (QED) is 0.595. The summed E-state index contributed by atoms with van der Waals surface area (Å²) in [6, 6.07) is 0. The van der Waals surface area contributed by atoms with Crippen molar-refractivity contribution < 1.29 is 18.0 Å². The average molecular weight is 180 g/mol. The van der Waals surface area contributed by atoms with Gasteiger partial charge in [0, 0.05) is 12.6 Å². The highest BCUT2D eigenvalue weighted by atomic mass is 19.4. The smallest absolute Gasteiger partial charge is 0.273 e. The van der Waals surface area contributed by atoms with E-state index in [1.165, 1.54) is 6.21 Å². The molecule has 0 aromatic carbocycles. The van der Waals surface area contributed by atoms with Gasteiger partial charge in [0.05, 0.1) is 0 Å². The maximum Gasteiger partial charge on any atom is 0.408 e. The molecule has 0 aromatic heterocycles. The third-order valence-electron chi connectivity index (χ3n) is 1.33. The second-order valence-electron chi connectivity index (χ2n) is 2.40. The van der Waals surface area contributed by atoms with E-state index in [4.69, 9.17) is 0 Å². The number of halogens is 3. The summed E-state index contributed by atoms with van der Waals surface area (Å²) in [4.78, 5) is 10.8. The molecule has 0 bridgehead atoms. The first-order chi connectivity index (χ1) is 5.49. The monoisotopic (exact) mass is 180 g/mol. The van der Waals surface area contributed by atoms with Crippen molar-refractivity contribution >= 4 is 12.1 Å². The van der Waals surface area contributed by atoms with Crippen LogP contribution in [0.2, 0.25) is 0 Å². The predicted octanol–water partition coefficient (Wildman–Crippen LogP) is 1.16. The maximum atomic E-state index is 11.7. The summed E-state index contributed by atoms with van der Waals surface area (Å²) in [6.07, 6.45) is -2.52. The lowest BCUT2D eigenvalue weighted by Crippen LogP contribution is -2.36. The summed E-state index contributed by atoms with van der Waals surface area (Å²) in [5.74, 6) is -0.574. The third-order valence-corrected chi connectivity index (χ3v) is 1.33. The van der Waals surface area contributed by atoms with E-state index in [1.807, 2.05) is 0 Å². The number of nitrogens with zero attached hydrogens (tertiary/aromatic N) is 2. The van der Waals surface area contributed by atoms with Gasteiger partial charge in [-0.3, -0.25) is 4.79 Å². The van der Waals surface area contributed by atoms with Crippen LogP contribution >= 0.6 is 0 Å². The van der Waals surface area contributed by atoms with E-state index in [-0.39, 0.29) is 6.42 Å². The first-order valence-electron chi connectivity index (χ1n) is 3.38. The highest BCUT2D eigenvalue weighted by Gasteiger charge is 2.33. The molecule has 0 unspecified atom stereocenters. The summed E-state index contributed by atoms with van der Waals surface area (Å²) in [6.45, 7) is -1.29. The van der Waals surface area contributed by atoms with Crippen molar-refractivity contribution in [3.05, 3.63) is 0 Å². The Morgan fingerprint density at radius 2 is 2.25 bits per heavy atom. The van der Waals surface area contributed by atoms with Crippen molar-refractivity contribution in [2.24, 2.45) is 5.10 Å². The van der Waals surface area contributed by atoms with E-state index in [1.54, 1.807) is 0 Å². The lowest BCUT2D eigenvalue weighted by atomic mass is 10.3. The minimum atomic E-state index is -4.37. The molecule has 3 nitrogen and oxygen atoms in total. The largest absolute Gasteiger partial charge is 0.408 e. The van der Waals surface area contributed by atoms with Crippen molar-refractivity contribution in [2.75, 3.05) is 6.54 Å². The molecule has 0 N–H and O–H groups in total. The summed E-state index contributed by atoms with van der Waals surface area (Å²) in [5, 5.41) is 3.78. The van der Waals surface area contributed by atoms with Crippen LogP contribution < -0.4 is 0 Å². The molecule has 0 fully saturated rings. The molecule has 6 heteroatoms. The Hall–Kier alpha value is -1.07. The van der Waals surface area contributed by atoms with Gasteiger partial charge in [-0.1, -0.05) is 0 Å². The Kier molecular flexibility index (Phi) is 2.35. The average Bonchev–Trinajstić information content (AvgIpc) is 1.91. The molecule has 0 radical (unpaired) electrons. The number of amides is 1. The van der Waals surface area contributed by atoms with Crippen LogP contribution in [0.1, 0.15) is 12.8 Å². The summed E-state index contributed by atoms with van der Waals surface area (Å²) >= 11 is 0. The van der Waals surface area contributed by atoms with Crippen LogP contribution in [-0.2, 0) is 4.79 Å². The lowest BCUT2D eigenvalue weighted by Gasteiger charge is -2.20. The number of hydrogen-bond donors (Lipinski definition) is 0. The van der Waals surface area contributed by atoms with E-state index in [0.29, 0.717) is 11.4 Å². The molecule has 0 saturated heterocycles. The van der Waals surface area contributed by atoms with Crippen molar-refractivity contribution in [2.45, 2.75) is 19.0 Å². The van der Waals surface area contributed by atoms with Gasteiger partial charge in [0.2, 0.25) is 5.91 Å². The van der Waals surface area contributed by atoms with Gasteiger partial charge < -0.3 is 0 Å². The van der Waals surface area contributed by atoms with Crippen molar-refractivity contribution in [3.63, 3.8) is 0 Å².